The second-order valence-corrected chi connectivity index (χ2v) is 6.94. The molecule has 1 saturated heterocycles. The Balaban J connectivity index is 1.49. The molecule has 1 fully saturated rings. The largest absolute Gasteiger partial charge is 0.510 e. The van der Waals surface area contributed by atoms with Crippen LogP contribution in [0.25, 0.3) is 0 Å². The van der Waals surface area contributed by atoms with Crippen LogP contribution in [0.5, 0.6) is 0 Å². The van der Waals surface area contributed by atoms with Crippen molar-refractivity contribution in [2.24, 2.45) is 0 Å². The smallest absolute Gasteiger partial charge is 0.432 e. The molecule has 30 heavy (non-hydrogen) atoms. The minimum absolute atomic E-state index is 0.0225. The Labute approximate surface area is 174 Å². The van der Waals surface area contributed by atoms with Crippen molar-refractivity contribution in [1.29, 1.82) is 0 Å². The van der Waals surface area contributed by atoms with E-state index in [0.29, 0.717) is 26.2 Å². The van der Waals surface area contributed by atoms with E-state index in [9.17, 15) is 19.5 Å². The number of hydrogen-bond acceptors (Lipinski definition) is 9. The van der Waals surface area contributed by atoms with Gasteiger partial charge in [0.2, 0.25) is 11.8 Å². The zero-order valence-corrected chi connectivity index (χ0v) is 16.8. The van der Waals surface area contributed by atoms with Crippen molar-refractivity contribution in [2.45, 2.75) is 31.7 Å². The van der Waals surface area contributed by atoms with E-state index in [1.807, 2.05) is 24.3 Å². The highest BCUT2D eigenvalue weighted by Gasteiger charge is 2.43. The fourth-order valence-corrected chi connectivity index (χ4v) is 3.52. The van der Waals surface area contributed by atoms with Gasteiger partial charge in [-0.2, -0.15) is 0 Å². The Morgan fingerprint density at radius 1 is 1.13 bits per heavy atom. The lowest BCUT2D eigenvalue weighted by molar-refractivity contribution is -0.162. The topological polar surface area (TPSA) is 115 Å². The minimum atomic E-state index is -0.998. The van der Waals surface area contributed by atoms with Crippen molar-refractivity contribution in [2.75, 3.05) is 40.3 Å². The van der Waals surface area contributed by atoms with Gasteiger partial charge in [-0.3, -0.25) is 14.5 Å². The molecule has 3 rings (SSSR count). The van der Waals surface area contributed by atoms with Gasteiger partial charge < -0.3 is 24.1 Å². The predicted octanol–water partition coefficient (Wildman–Crippen LogP) is 0.784. The van der Waals surface area contributed by atoms with Gasteiger partial charge in [-0.1, -0.05) is 24.3 Å². The number of aliphatic hydroxyl groups is 1. The molecule has 2 unspecified atom stereocenters. The zero-order valence-electron chi connectivity index (χ0n) is 16.8. The molecule has 0 saturated carbocycles. The van der Waals surface area contributed by atoms with Gasteiger partial charge in [0, 0.05) is 20.1 Å². The molecule has 2 heterocycles. The van der Waals surface area contributed by atoms with Gasteiger partial charge in [-0.25, -0.2) is 9.69 Å². The molecule has 0 radical (unpaired) electrons. The van der Waals surface area contributed by atoms with Crippen LogP contribution in [0, 0.1) is 0 Å². The number of aliphatic hydroxyl groups excluding tert-OH is 1. The Hall–Kier alpha value is -2.53. The van der Waals surface area contributed by atoms with Crippen LogP contribution in [0.2, 0.25) is 0 Å². The summed E-state index contributed by atoms with van der Waals surface area (Å²) in [5.74, 6) is -0.938. The summed E-state index contributed by atoms with van der Waals surface area (Å²) in [7, 11) is 1.55. The lowest BCUT2D eigenvalue weighted by Gasteiger charge is -2.36. The van der Waals surface area contributed by atoms with Gasteiger partial charge in [0.1, 0.15) is 12.8 Å². The van der Waals surface area contributed by atoms with Gasteiger partial charge in [-0.15, -0.1) is 0 Å². The van der Waals surface area contributed by atoms with Crippen LogP contribution in [-0.4, -0.2) is 79.2 Å². The van der Waals surface area contributed by atoms with Crippen LogP contribution >= 0.6 is 0 Å². The van der Waals surface area contributed by atoms with Gasteiger partial charge in [0.25, 0.3) is 0 Å². The summed E-state index contributed by atoms with van der Waals surface area (Å²) >= 11 is 0. The monoisotopic (exact) mass is 422 g/mol. The maximum absolute atomic E-state index is 12.9. The highest BCUT2D eigenvalue weighted by atomic mass is 16.7. The predicted molar refractivity (Wildman–Crippen MR) is 102 cm³/mol. The number of hydrogen-bond donors (Lipinski definition) is 1. The van der Waals surface area contributed by atoms with Crippen LogP contribution in [0.4, 0.5) is 4.79 Å². The Kier molecular flexibility index (Phi) is 7.75. The molecular weight excluding hydrogens is 396 g/mol. The molecule has 0 aromatic heterocycles. The van der Waals surface area contributed by atoms with Crippen molar-refractivity contribution in [1.82, 2.24) is 9.80 Å². The molecule has 1 aromatic rings. The average Bonchev–Trinajstić information content (AvgIpc) is 3.07. The summed E-state index contributed by atoms with van der Waals surface area (Å²) in [6.45, 7) is 0.831. The fourth-order valence-electron chi connectivity index (χ4n) is 3.52. The number of benzene rings is 1. The highest BCUT2D eigenvalue weighted by Crippen LogP contribution is 2.35. The van der Waals surface area contributed by atoms with E-state index >= 15 is 0 Å². The Bertz CT molecular complexity index is 771. The first kappa shape index (κ1) is 22.2. The van der Waals surface area contributed by atoms with Crippen molar-refractivity contribution >= 4 is 18.0 Å². The molecule has 10 heteroatoms. The SMILES string of the molecule is COCCOCCOC(=O)OCN1C(=O)CCC(N2Cc3ccccc3C2O)C1=O. The maximum atomic E-state index is 12.9. The summed E-state index contributed by atoms with van der Waals surface area (Å²) < 4.78 is 19.7. The van der Waals surface area contributed by atoms with E-state index in [0.717, 1.165) is 16.0 Å². The molecule has 1 N–H and O–H groups in total. The van der Waals surface area contributed by atoms with E-state index in [2.05, 4.69) is 0 Å². The standard InChI is InChI=1S/C20H26N2O8/c1-27-8-9-28-10-11-29-20(26)30-13-22-17(23)7-6-16(19(22)25)21-12-14-4-2-3-5-15(14)18(21)24/h2-5,16,18,24H,6-13H2,1H3. The Morgan fingerprint density at radius 3 is 2.67 bits per heavy atom. The summed E-state index contributed by atoms with van der Waals surface area (Å²) in [6.07, 6.45) is -1.51. The lowest BCUT2D eigenvalue weighted by atomic mass is 10.0. The summed E-state index contributed by atoms with van der Waals surface area (Å²) in [4.78, 5) is 39.3. The van der Waals surface area contributed by atoms with Gasteiger partial charge >= 0.3 is 6.16 Å². The maximum Gasteiger partial charge on any atom is 0.510 e. The highest BCUT2D eigenvalue weighted by molar-refractivity contribution is 6.00. The number of piperidine rings is 1. The molecule has 0 bridgehead atoms. The van der Waals surface area contributed by atoms with Crippen molar-refractivity contribution < 1.29 is 38.4 Å². The quantitative estimate of drug-likeness (QED) is 0.350. The molecule has 2 atom stereocenters. The number of likely N-dealkylation sites (tertiary alicyclic amines) is 1. The van der Waals surface area contributed by atoms with Crippen molar-refractivity contribution in [3.8, 4) is 0 Å². The van der Waals surface area contributed by atoms with Crippen LogP contribution in [0.3, 0.4) is 0 Å². The second-order valence-electron chi connectivity index (χ2n) is 6.94. The van der Waals surface area contributed by atoms with Crippen LogP contribution < -0.4 is 0 Å². The third-order valence-electron chi connectivity index (χ3n) is 5.08. The van der Waals surface area contributed by atoms with E-state index in [1.54, 1.807) is 12.0 Å². The molecule has 1 aromatic carbocycles. The van der Waals surface area contributed by atoms with Gasteiger partial charge in [0.05, 0.1) is 25.9 Å². The van der Waals surface area contributed by atoms with Gasteiger partial charge in [-0.05, 0) is 17.5 Å². The summed E-state index contributed by atoms with van der Waals surface area (Å²) in [5.41, 5.74) is 1.69. The number of carbonyl (C=O) groups excluding carboxylic acids is 3. The number of ether oxygens (including phenoxy) is 4. The minimum Gasteiger partial charge on any atom is -0.432 e. The normalized spacial score (nSPS) is 21.6. The number of fused-ring (bicyclic) bond motifs is 1. The third-order valence-corrected chi connectivity index (χ3v) is 5.08. The average molecular weight is 422 g/mol. The van der Waals surface area contributed by atoms with Crippen LogP contribution in [0.15, 0.2) is 24.3 Å². The van der Waals surface area contributed by atoms with E-state index < -0.39 is 37.0 Å². The zero-order chi connectivity index (χ0) is 21.5. The van der Waals surface area contributed by atoms with Gasteiger partial charge in [0.15, 0.2) is 6.73 Å². The Morgan fingerprint density at radius 2 is 1.90 bits per heavy atom. The molecule has 2 aliphatic heterocycles. The van der Waals surface area contributed by atoms with Crippen molar-refractivity contribution in [3.05, 3.63) is 35.4 Å². The number of nitrogens with zero attached hydrogens (tertiary/aromatic N) is 2. The number of imide groups is 1. The number of methoxy groups -OCH3 is 1. The fraction of sp³-hybridized carbons (Fsp3) is 0.550. The van der Waals surface area contributed by atoms with Crippen LogP contribution in [-0.2, 0) is 35.1 Å². The number of carbonyl (C=O) groups is 3. The van der Waals surface area contributed by atoms with E-state index in [4.69, 9.17) is 18.9 Å². The molecular formula is C20H26N2O8. The number of amides is 2. The molecule has 0 aliphatic carbocycles. The van der Waals surface area contributed by atoms with E-state index in [1.165, 1.54) is 0 Å². The number of rotatable bonds is 9. The molecule has 164 valence electrons. The first-order valence-corrected chi connectivity index (χ1v) is 9.75. The summed E-state index contributed by atoms with van der Waals surface area (Å²) in [6, 6.07) is 6.72. The molecule has 0 spiro atoms. The lowest BCUT2D eigenvalue weighted by Crippen LogP contribution is -2.54. The second kappa shape index (κ2) is 10.5. The molecule has 10 nitrogen and oxygen atoms in total. The van der Waals surface area contributed by atoms with E-state index in [-0.39, 0.29) is 19.6 Å². The summed E-state index contributed by atoms with van der Waals surface area (Å²) in [5, 5.41) is 10.6. The first-order chi connectivity index (χ1) is 14.5. The molecule has 2 amide bonds. The first-order valence-electron chi connectivity index (χ1n) is 9.75. The molecule has 2 aliphatic rings. The third kappa shape index (κ3) is 5.14. The van der Waals surface area contributed by atoms with Crippen LogP contribution in [0.1, 0.15) is 30.2 Å². The van der Waals surface area contributed by atoms with Crippen molar-refractivity contribution in [3.63, 3.8) is 0 Å².